The lowest BCUT2D eigenvalue weighted by Crippen LogP contribution is -2.62. The van der Waals surface area contributed by atoms with Gasteiger partial charge in [0.05, 0.1) is 6.54 Å². The molecule has 5 heteroatoms. The highest BCUT2D eigenvalue weighted by Gasteiger charge is 2.51. The minimum atomic E-state index is -0.128. The average Bonchev–Trinajstić information content (AvgIpc) is 2.60. The summed E-state index contributed by atoms with van der Waals surface area (Å²) in [4.78, 5) is 14.6. The summed E-state index contributed by atoms with van der Waals surface area (Å²) >= 11 is 0. The van der Waals surface area contributed by atoms with E-state index in [1.54, 1.807) is 4.90 Å². The first kappa shape index (κ1) is 16.3. The van der Waals surface area contributed by atoms with E-state index < -0.39 is 0 Å². The first-order chi connectivity index (χ1) is 12.6. The van der Waals surface area contributed by atoms with Crippen molar-refractivity contribution >= 4 is 6.03 Å². The molecule has 6 rings (SSSR count). The minimum absolute atomic E-state index is 0.0365. The van der Waals surface area contributed by atoms with E-state index in [4.69, 9.17) is 9.47 Å². The molecule has 0 spiro atoms. The van der Waals surface area contributed by atoms with Crippen LogP contribution in [0.3, 0.4) is 0 Å². The van der Waals surface area contributed by atoms with Crippen molar-refractivity contribution in [1.82, 2.24) is 10.2 Å². The van der Waals surface area contributed by atoms with Crippen molar-refractivity contribution in [2.45, 2.75) is 50.2 Å². The van der Waals surface area contributed by atoms with Gasteiger partial charge in [-0.15, -0.1) is 0 Å². The molecule has 4 aliphatic carbocycles. The molecule has 2 amide bonds. The van der Waals surface area contributed by atoms with Crippen molar-refractivity contribution in [3.05, 3.63) is 24.3 Å². The number of benzene rings is 1. The fourth-order valence-electron chi connectivity index (χ4n) is 6.13. The fourth-order valence-corrected chi connectivity index (χ4v) is 6.13. The Bertz CT molecular complexity index is 669. The van der Waals surface area contributed by atoms with E-state index in [1.165, 1.54) is 38.5 Å². The van der Waals surface area contributed by atoms with Gasteiger partial charge in [-0.25, -0.2) is 4.79 Å². The Balaban J connectivity index is 1.20. The molecule has 1 N–H and O–H groups in total. The number of rotatable bonds is 3. The average molecular weight is 356 g/mol. The van der Waals surface area contributed by atoms with Gasteiger partial charge >= 0.3 is 6.03 Å². The summed E-state index contributed by atoms with van der Waals surface area (Å²) in [5.41, 5.74) is 0.0522. The summed E-state index contributed by atoms with van der Waals surface area (Å²) in [5, 5.41) is 3.42. The molecular formula is C21H28N2O3. The smallest absolute Gasteiger partial charge is 0.317 e. The Morgan fingerprint density at radius 3 is 2.38 bits per heavy atom. The van der Waals surface area contributed by atoms with Crippen molar-refractivity contribution < 1.29 is 14.3 Å². The molecule has 0 unspecified atom stereocenters. The van der Waals surface area contributed by atoms with Crippen molar-refractivity contribution in [2.75, 3.05) is 20.2 Å². The molecule has 5 aliphatic rings. The lowest BCUT2D eigenvalue weighted by atomic mass is 9.53. The van der Waals surface area contributed by atoms with E-state index in [0.717, 1.165) is 29.3 Å². The third-order valence-corrected chi connectivity index (χ3v) is 6.80. The highest BCUT2D eigenvalue weighted by atomic mass is 16.6. The van der Waals surface area contributed by atoms with Gasteiger partial charge in [-0.1, -0.05) is 12.1 Å². The molecule has 140 valence electrons. The lowest BCUT2D eigenvalue weighted by molar-refractivity contribution is -0.0161. The van der Waals surface area contributed by atoms with Crippen molar-refractivity contribution in [3.63, 3.8) is 0 Å². The van der Waals surface area contributed by atoms with Gasteiger partial charge in [0.2, 0.25) is 0 Å². The van der Waals surface area contributed by atoms with Crippen LogP contribution in [0.4, 0.5) is 4.79 Å². The number of carbonyl (C=O) groups is 1. The Kier molecular flexibility index (Phi) is 3.80. The van der Waals surface area contributed by atoms with Crippen LogP contribution in [0.2, 0.25) is 0 Å². The van der Waals surface area contributed by atoms with Gasteiger partial charge in [0.25, 0.3) is 0 Å². The Morgan fingerprint density at radius 1 is 1.12 bits per heavy atom. The van der Waals surface area contributed by atoms with Gasteiger partial charge in [-0.2, -0.15) is 0 Å². The maximum absolute atomic E-state index is 12.9. The first-order valence-corrected chi connectivity index (χ1v) is 10.0. The number of para-hydroxylation sites is 2. The van der Waals surface area contributed by atoms with Crippen LogP contribution < -0.4 is 14.8 Å². The maximum atomic E-state index is 12.9. The summed E-state index contributed by atoms with van der Waals surface area (Å²) in [7, 11) is 1.86. The molecule has 4 bridgehead atoms. The standard InChI is InChI=1S/C21H28N2O3/c1-23(12-17-13-25-18-4-2-3-5-19(18)26-17)20(24)22-21-9-14-6-15(10-21)8-16(7-14)11-21/h2-5,14-17H,6-13H2,1H3,(H,22,24)/t14?,15?,16?,17-,21?/m1/s1. The van der Waals surface area contributed by atoms with E-state index in [9.17, 15) is 4.79 Å². The Morgan fingerprint density at radius 2 is 1.73 bits per heavy atom. The van der Waals surface area contributed by atoms with Crippen molar-refractivity contribution in [3.8, 4) is 11.5 Å². The van der Waals surface area contributed by atoms with Crippen LogP contribution in [0, 0.1) is 17.8 Å². The first-order valence-electron chi connectivity index (χ1n) is 10.0. The number of amides is 2. The molecule has 0 saturated heterocycles. The minimum Gasteiger partial charge on any atom is -0.486 e. The van der Waals surface area contributed by atoms with E-state index in [0.29, 0.717) is 13.2 Å². The Labute approximate surface area is 155 Å². The third kappa shape index (κ3) is 2.91. The number of nitrogens with zero attached hydrogens (tertiary/aromatic N) is 1. The summed E-state index contributed by atoms with van der Waals surface area (Å²) in [6.45, 7) is 1.01. The molecule has 4 saturated carbocycles. The topological polar surface area (TPSA) is 50.8 Å². The molecule has 1 aliphatic heterocycles. The second-order valence-electron chi connectivity index (χ2n) is 9.01. The molecule has 1 aromatic carbocycles. The van der Waals surface area contributed by atoms with Gasteiger partial charge in [0, 0.05) is 12.6 Å². The molecule has 0 aromatic heterocycles. The zero-order valence-electron chi connectivity index (χ0n) is 15.4. The van der Waals surface area contributed by atoms with Crippen molar-refractivity contribution in [2.24, 2.45) is 17.8 Å². The van der Waals surface area contributed by atoms with Crippen LogP contribution in [0.1, 0.15) is 38.5 Å². The molecule has 1 heterocycles. The van der Waals surface area contributed by atoms with E-state index in [2.05, 4.69) is 5.32 Å². The monoisotopic (exact) mass is 356 g/mol. The van der Waals surface area contributed by atoms with Gasteiger partial charge in [0.15, 0.2) is 17.6 Å². The van der Waals surface area contributed by atoms with Gasteiger partial charge in [-0.3, -0.25) is 0 Å². The molecule has 5 nitrogen and oxygen atoms in total. The number of fused-ring (bicyclic) bond motifs is 1. The molecular weight excluding hydrogens is 328 g/mol. The highest BCUT2D eigenvalue weighted by molar-refractivity contribution is 5.75. The SMILES string of the molecule is CN(C[C@@H]1COc2ccccc2O1)C(=O)NC12CC3CC(CC(C3)C1)C2. The largest absolute Gasteiger partial charge is 0.486 e. The molecule has 0 radical (unpaired) electrons. The normalized spacial score (nSPS) is 36.7. The molecule has 26 heavy (non-hydrogen) atoms. The van der Waals surface area contributed by atoms with Gasteiger partial charge in [0.1, 0.15) is 6.61 Å². The van der Waals surface area contributed by atoms with Crippen LogP contribution in [-0.2, 0) is 0 Å². The molecule has 4 fully saturated rings. The number of hydrogen-bond acceptors (Lipinski definition) is 3. The summed E-state index contributed by atoms with van der Waals surface area (Å²) in [6, 6.07) is 7.74. The van der Waals surface area contributed by atoms with Gasteiger partial charge in [-0.05, 0) is 68.4 Å². The number of ether oxygens (including phenoxy) is 2. The maximum Gasteiger partial charge on any atom is 0.317 e. The quantitative estimate of drug-likeness (QED) is 0.903. The highest BCUT2D eigenvalue weighted by Crippen LogP contribution is 2.55. The van der Waals surface area contributed by atoms with Crippen LogP contribution in [0.15, 0.2) is 24.3 Å². The summed E-state index contributed by atoms with van der Waals surface area (Å²) in [6.07, 6.45) is 7.56. The number of hydrogen-bond donors (Lipinski definition) is 1. The van der Waals surface area contributed by atoms with Gasteiger partial charge < -0.3 is 19.7 Å². The predicted molar refractivity (Wildman–Crippen MR) is 98.4 cm³/mol. The molecule has 1 atom stereocenters. The van der Waals surface area contributed by atoms with E-state index in [1.807, 2.05) is 31.3 Å². The lowest BCUT2D eigenvalue weighted by Gasteiger charge is -2.57. The van der Waals surface area contributed by atoms with E-state index in [-0.39, 0.29) is 17.7 Å². The zero-order chi connectivity index (χ0) is 17.7. The van der Waals surface area contributed by atoms with Crippen molar-refractivity contribution in [1.29, 1.82) is 0 Å². The molecule has 1 aromatic rings. The summed E-state index contributed by atoms with van der Waals surface area (Å²) in [5.74, 6) is 4.04. The predicted octanol–water partition coefficient (Wildman–Crippen LogP) is 3.44. The van der Waals surface area contributed by atoms with Crippen LogP contribution in [-0.4, -0.2) is 42.8 Å². The second kappa shape index (κ2) is 6.07. The van der Waals surface area contributed by atoms with Crippen LogP contribution >= 0.6 is 0 Å². The fraction of sp³-hybridized carbons (Fsp3) is 0.667. The number of carbonyl (C=O) groups excluding carboxylic acids is 1. The van der Waals surface area contributed by atoms with Crippen LogP contribution in [0.25, 0.3) is 0 Å². The van der Waals surface area contributed by atoms with E-state index >= 15 is 0 Å². The third-order valence-electron chi connectivity index (χ3n) is 6.80. The number of likely N-dealkylation sites (N-methyl/N-ethyl adjacent to an activating group) is 1. The van der Waals surface area contributed by atoms with Crippen LogP contribution in [0.5, 0.6) is 11.5 Å². The summed E-state index contributed by atoms with van der Waals surface area (Å²) < 4.78 is 11.8. The number of nitrogens with one attached hydrogen (secondary N) is 1. The zero-order valence-corrected chi connectivity index (χ0v) is 15.4. The number of urea groups is 1. The second-order valence-corrected chi connectivity index (χ2v) is 9.01. The Hall–Kier alpha value is -1.91.